The highest BCUT2D eigenvalue weighted by molar-refractivity contribution is 4.79. The van der Waals surface area contributed by atoms with Crippen LogP contribution in [0.5, 0.6) is 0 Å². The van der Waals surface area contributed by atoms with Gasteiger partial charge in [-0.25, -0.2) is 0 Å². The molecule has 1 rings (SSSR count). The van der Waals surface area contributed by atoms with Crippen LogP contribution in [0.3, 0.4) is 0 Å². The summed E-state index contributed by atoms with van der Waals surface area (Å²) in [5.41, 5.74) is 0. The van der Waals surface area contributed by atoms with E-state index in [4.69, 9.17) is 4.74 Å². The second-order valence-corrected chi connectivity index (χ2v) is 5.28. The van der Waals surface area contributed by atoms with Crippen LogP contribution in [0.25, 0.3) is 0 Å². The van der Waals surface area contributed by atoms with Gasteiger partial charge in [0.15, 0.2) is 0 Å². The lowest BCUT2D eigenvalue weighted by atomic mass is 9.87. The molecular formula is C16H30O. The fourth-order valence-electron chi connectivity index (χ4n) is 2.58. The van der Waals surface area contributed by atoms with E-state index in [0.29, 0.717) is 0 Å². The number of allylic oxidation sites excluding steroid dienone is 2. The minimum absolute atomic E-state index is 0.965. The molecule has 1 heteroatoms. The third-order valence-electron chi connectivity index (χ3n) is 3.71. The smallest absolute Gasteiger partial charge is 0.0468 e. The molecular weight excluding hydrogens is 208 g/mol. The summed E-state index contributed by atoms with van der Waals surface area (Å²) in [4.78, 5) is 0. The van der Waals surface area contributed by atoms with Crippen molar-refractivity contribution in [3.8, 4) is 0 Å². The van der Waals surface area contributed by atoms with Crippen LogP contribution in [0.1, 0.15) is 71.1 Å². The Bertz CT molecular complexity index is 180. The third-order valence-corrected chi connectivity index (χ3v) is 3.71. The lowest BCUT2D eigenvalue weighted by Gasteiger charge is -2.21. The highest BCUT2D eigenvalue weighted by atomic mass is 16.5. The summed E-state index contributed by atoms with van der Waals surface area (Å²) < 4.78 is 5.72. The maximum atomic E-state index is 5.72. The quantitative estimate of drug-likeness (QED) is 0.400. The van der Waals surface area contributed by atoms with E-state index in [2.05, 4.69) is 19.1 Å². The van der Waals surface area contributed by atoms with E-state index in [1.165, 1.54) is 57.8 Å². The molecule has 0 radical (unpaired) electrons. The summed E-state index contributed by atoms with van der Waals surface area (Å²) in [7, 11) is 0. The van der Waals surface area contributed by atoms with Gasteiger partial charge in [0.2, 0.25) is 0 Å². The zero-order valence-corrected chi connectivity index (χ0v) is 11.6. The molecule has 0 aromatic rings. The van der Waals surface area contributed by atoms with Crippen molar-refractivity contribution in [2.24, 2.45) is 5.92 Å². The van der Waals surface area contributed by atoms with Gasteiger partial charge in [0, 0.05) is 13.2 Å². The minimum Gasteiger partial charge on any atom is -0.381 e. The molecule has 0 heterocycles. The van der Waals surface area contributed by atoms with Crippen molar-refractivity contribution < 1.29 is 4.74 Å². The van der Waals surface area contributed by atoms with Crippen LogP contribution in [-0.2, 0) is 4.74 Å². The lowest BCUT2D eigenvalue weighted by molar-refractivity contribution is 0.111. The molecule has 0 amide bonds. The third kappa shape index (κ3) is 8.43. The van der Waals surface area contributed by atoms with Crippen LogP contribution in [0.4, 0.5) is 0 Å². The molecule has 0 atom stereocenters. The van der Waals surface area contributed by atoms with Crippen molar-refractivity contribution in [2.75, 3.05) is 13.2 Å². The Morgan fingerprint density at radius 1 is 1.00 bits per heavy atom. The van der Waals surface area contributed by atoms with Gasteiger partial charge in [-0.3, -0.25) is 0 Å². The fraction of sp³-hybridized carbons (Fsp3) is 0.875. The van der Waals surface area contributed by atoms with E-state index in [-0.39, 0.29) is 0 Å². The van der Waals surface area contributed by atoms with Gasteiger partial charge >= 0.3 is 0 Å². The number of rotatable bonds is 9. The maximum absolute atomic E-state index is 5.72. The molecule has 1 aliphatic rings. The highest BCUT2D eigenvalue weighted by Gasteiger charge is 2.12. The van der Waals surface area contributed by atoms with Crippen molar-refractivity contribution in [3.05, 3.63) is 12.2 Å². The van der Waals surface area contributed by atoms with E-state index in [9.17, 15) is 0 Å². The summed E-state index contributed by atoms with van der Waals surface area (Å²) in [6, 6.07) is 0. The summed E-state index contributed by atoms with van der Waals surface area (Å²) in [5.74, 6) is 0.969. The van der Waals surface area contributed by atoms with Crippen molar-refractivity contribution in [2.45, 2.75) is 71.1 Å². The first-order valence-electron chi connectivity index (χ1n) is 7.66. The molecule has 0 bridgehead atoms. The van der Waals surface area contributed by atoms with Crippen LogP contribution in [0.2, 0.25) is 0 Å². The number of hydrogen-bond acceptors (Lipinski definition) is 1. The van der Waals surface area contributed by atoms with E-state index in [1.807, 2.05) is 0 Å². The summed E-state index contributed by atoms with van der Waals surface area (Å²) in [6.07, 6.45) is 18.0. The Morgan fingerprint density at radius 2 is 1.82 bits per heavy atom. The predicted molar refractivity (Wildman–Crippen MR) is 75.3 cm³/mol. The second kappa shape index (κ2) is 10.8. The first-order chi connectivity index (χ1) is 8.43. The van der Waals surface area contributed by atoms with Gasteiger partial charge in [-0.2, -0.15) is 0 Å². The van der Waals surface area contributed by atoms with E-state index in [0.717, 1.165) is 25.6 Å². The first-order valence-corrected chi connectivity index (χ1v) is 7.66. The van der Waals surface area contributed by atoms with Gasteiger partial charge in [-0.1, -0.05) is 51.2 Å². The van der Waals surface area contributed by atoms with Gasteiger partial charge in [0.1, 0.15) is 0 Å². The Labute approximate surface area is 108 Å². The monoisotopic (exact) mass is 238 g/mol. The molecule has 0 spiro atoms. The zero-order chi connectivity index (χ0) is 12.2. The molecule has 0 unspecified atom stereocenters. The SMILES string of the molecule is CCC=CCCCCOCCC1CCCCC1. The van der Waals surface area contributed by atoms with Crippen LogP contribution >= 0.6 is 0 Å². The van der Waals surface area contributed by atoms with Gasteiger partial charge in [0.25, 0.3) is 0 Å². The number of ether oxygens (including phenoxy) is 1. The van der Waals surface area contributed by atoms with Crippen molar-refractivity contribution in [1.29, 1.82) is 0 Å². The number of unbranched alkanes of at least 4 members (excludes halogenated alkanes) is 2. The van der Waals surface area contributed by atoms with E-state index in [1.54, 1.807) is 0 Å². The lowest BCUT2D eigenvalue weighted by Crippen LogP contribution is -2.09. The Kier molecular flexibility index (Phi) is 9.40. The normalized spacial score (nSPS) is 17.9. The minimum atomic E-state index is 0.965. The molecule has 0 saturated heterocycles. The van der Waals surface area contributed by atoms with Crippen LogP contribution in [0, 0.1) is 5.92 Å². The zero-order valence-electron chi connectivity index (χ0n) is 11.6. The summed E-state index contributed by atoms with van der Waals surface area (Å²) in [6.45, 7) is 4.15. The Hall–Kier alpha value is -0.300. The predicted octanol–water partition coefficient (Wildman–Crippen LogP) is 5.11. The van der Waals surface area contributed by atoms with Gasteiger partial charge in [-0.15, -0.1) is 0 Å². The number of hydrogen-bond donors (Lipinski definition) is 0. The Morgan fingerprint density at radius 3 is 2.59 bits per heavy atom. The standard InChI is InChI=1S/C16H30O/c1-2-3-4-5-6-10-14-17-15-13-16-11-8-7-9-12-16/h3-4,16H,2,5-15H2,1H3. The van der Waals surface area contributed by atoms with Crippen LogP contribution in [-0.4, -0.2) is 13.2 Å². The molecule has 100 valence electrons. The molecule has 0 aliphatic heterocycles. The van der Waals surface area contributed by atoms with E-state index < -0.39 is 0 Å². The molecule has 0 N–H and O–H groups in total. The molecule has 0 aromatic carbocycles. The van der Waals surface area contributed by atoms with Crippen molar-refractivity contribution >= 4 is 0 Å². The maximum Gasteiger partial charge on any atom is 0.0468 e. The Balaban J connectivity index is 1.79. The van der Waals surface area contributed by atoms with Crippen molar-refractivity contribution in [1.82, 2.24) is 0 Å². The summed E-state index contributed by atoms with van der Waals surface area (Å²) in [5, 5.41) is 0. The van der Waals surface area contributed by atoms with E-state index >= 15 is 0 Å². The average molecular weight is 238 g/mol. The van der Waals surface area contributed by atoms with Crippen LogP contribution in [0.15, 0.2) is 12.2 Å². The van der Waals surface area contributed by atoms with Crippen LogP contribution < -0.4 is 0 Å². The first kappa shape index (κ1) is 14.8. The molecule has 0 aromatic heterocycles. The summed E-state index contributed by atoms with van der Waals surface area (Å²) >= 11 is 0. The highest BCUT2D eigenvalue weighted by Crippen LogP contribution is 2.26. The molecule has 1 nitrogen and oxygen atoms in total. The second-order valence-electron chi connectivity index (χ2n) is 5.28. The largest absolute Gasteiger partial charge is 0.381 e. The van der Waals surface area contributed by atoms with Gasteiger partial charge in [0.05, 0.1) is 0 Å². The molecule has 1 fully saturated rings. The molecule has 1 aliphatic carbocycles. The molecule has 1 saturated carbocycles. The fourth-order valence-corrected chi connectivity index (χ4v) is 2.58. The van der Waals surface area contributed by atoms with Gasteiger partial charge < -0.3 is 4.74 Å². The van der Waals surface area contributed by atoms with Gasteiger partial charge in [-0.05, 0) is 38.0 Å². The average Bonchev–Trinajstić information content (AvgIpc) is 2.38. The van der Waals surface area contributed by atoms with Crippen molar-refractivity contribution in [3.63, 3.8) is 0 Å². The topological polar surface area (TPSA) is 9.23 Å². The molecule has 17 heavy (non-hydrogen) atoms.